The summed E-state index contributed by atoms with van der Waals surface area (Å²) in [5.41, 5.74) is 1.93. The van der Waals surface area contributed by atoms with Crippen molar-refractivity contribution >= 4 is 29.3 Å². The van der Waals surface area contributed by atoms with E-state index in [4.69, 9.17) is 16.3 Å². The molecule has 0 saturated heterocycles. The van der Waals surface area contributed by atoms with Crippen LogP contribution in [0.25, 0.3) is 0 Å². The highest BCUT2D eigenvalue weighted by molar-refractivity contribution is 8.00. The van der Waals surface area contributed by atoms with Crippen molar-refractivity contribution in [1.29, 1.82) is 0 Å². The molecule has 3 rings (SSSR count). The summed E-state index contributed by atoms with van der Waals surface area (Å²) in [7, 11) is 0. The van der Waals surface area contributed by atoms with E-state index in [1.807, 2.05) is 56.3 Å². The molecule has 0 saturated carbocycles. The topological polar surface area (TPSA) is 79.9 Å². The fourth-order valence-electron chi connectivity index (χ4n) is 2.44. The highest BCUT2D eigenvalue weighted by Crippen LogP contribution is 2.21. The van der Waals surface area contributed by atoms with E-state index in [0.717, 1.165) is 16.9 Å². The van der Waals surface area contributed by atoms with Crippen LogP contribution >= 0.6 is 23.4 Å². The van der Waals surface area contributed by atoms with Gasteiger partial charge in [0.25, 0.3) is 0 Å². The Labute approximate surface area is 173 Å². The number of aromatic amines is 1. The summed E-state index contributed by atoms with van der Waals surface area (Å²) in [6, 6.07) is 15.2. The molecule has 0 aliphatic rings. The number of carbonyl (C=O) groups excluding carboxylic acids is 1. The van der Waals surface area contributed by atoms with E-state index in [2.05, 4.69) is 20.5 Å². The molecule has 0 fully saturated rings. The third-order valence-electron chi connectivity index (χ3n) is 4.03. The maximum absolute atomic E-state index is 12.3. The summed E-state index contributed by atoms with van der Waals surface area (Å²) in [4.78, 5) is 16.7. The van der Waals surface area contributed by atoms with E-state index in [-0.39, 0.29) is 17.8 Å². The second kappa shape index (κ2) is 9.61. The van der Waals surface area contributed by atoms with Crippen molar-refractivity contribution in [2.75, 3.05) is 0 Å². The number of aromatic nitrogens is 3. The molecule has 1 amide bonds. The second-order valence-electron chi connectivity index (χ2n) is 6.19. The molecule has 0 bridgehead atoms. The largest absolute Gasteiger partial charge is 0.485 e. The van der Waals surface area contributed by atoms with Crippen LogP contribution in [0.5, 0.6) is 5.75 Å². The quantitative estimate of drug-likeness (QED) is 0.539. The lowest BCUT2D eigenvalue weighted by molar-refractivity contribution is -0.120. The van der Waals surface area contributed by atoms with E-state index < -0.39 is 0 Å². The highest BCUT2D eigenvalue weighted by Gasteiger charge is 2.17. The molecular formula is C20H21ClN4O2S. The average Bonchev–Trinajstić information content (AvgIpc) is 3.13. The van der Waals surface area contributed by atoms with Crippen LogP contribution in [0.15, 0.2) is 53.7 Å². The molecule has 8 heteroatoms. The molecule has 2 aromatic carbocycles. The van der Waals surface area contributed by atoms with Crippen LogP contribution in [-0.2, 0) is 17.9 Å². The van der Waals surface area contributed by atoms with Gasteiger partial charge in [-0.2, -0.15) is 0 Å². The molecule has 1 heterocycles. The number of benzene rings is 2. The average molecular weight is 417 g/mol. The maximum Gasteiger partial charge on any atom is 0.233 e. The third kappa shape index (κ3) is 5.50. The van der Waals surface area contributed by atoms with E-state index in [0.29, 0.717) is 22.5 Å². The lowest BCUT2D eigenvalue weighted by Gasteiger charge is -2.11. The number of para-hydroxylation sites is 1. The van der Waals surface area contributed by atoms with Gasteiger partial charge >= 0.3 is 0 Å². The van der Waals surface area contributed by atoms with Crippen LogP contribution < -0.4 is 10.1 Å². The molecule has 146 valence electrons. The molecule has 6 nitrogen and oxygen atoms in total. The van der Waals surface area contributed by atoms with E-state index in [1.54, 1.807) is 6.07 Å². The van der Waals surface area contributed by atoms with Crippen LogP contribution in [0.3, 0.4) is 0 Å². The number of amides is 1. The number of thioether (sulfide) groups is 1. The predicted molar refractivity (Wildman–Crippen MR) is 111 cm³/mol. The zero-order valence-electron chi connectivity index (χ0n) is 15.6. The van der Waals surface area contributed by atoms with Crippen molar-refractivity contribution in [3.05, 3.63) is 70.5 Å². The smallest absolute Gasteiger partial charge is 0.233 e. The van der Waals surface area contributed by atoms with Crippen LogP contribution in [0, 0.1) is 6.92 Å². The number of hydrogen-bond donors (Lipinski definition) is 2. The summed E-state index contributed by atoms with van der Waals surface area (Å²) >= 11 is 7.39. The van der Waals surface area contributed by atoms with Gasteiger partial charge in [0.2, 0.25) is 11.1 Å². The number of halogens is 1. The van der Waals surface area contributed by atoms with Gasteiger partial charge in [-0.3, -0.25) is 9.89 Å². The minimum Gasteiger partial charge on any atom is -0.485 e. The van der Waals surface area contributed by atoms with Crippen molar-refractivity contribution in [3.63, 3.8) is 0 Å². The highest BCUT2D eigenvalue weighted by atomic mass is 35.5. The minimum absolute atomic E-state index is 0.104. The Kier molecular flexibility index (Phi) is 6.95. The zero-order chi connectivity index (χ0) is 19.9. The predicted octanol–water partition coefficient (Wildman–Crippen LogP) is 4.14. The Morgan fingerprint density at radius 2 is 2.00 bits per heavy atom. The van der Waals surface area contributed by atoms with Gasteiger partial charge in [-0.15, -0.1) is 5.10 Å². The molecule has 1 atom stereocenters. The van der Waals surface area contributed by atoms with E-state index in [1.165, 1.54) is 11.8 Å². The summed E-state index contributed by atoms with van der Waals surface area (Å²) in [5, 5.41) is 10.7. The molecule has 0 aliphatic carbocycles. The molecule has 28 heavy (non-hydrogen) atoms. The summed E-state index contributed by atoms with van der Waals surface area (Å²) in [6.45, 7) is 4.46. The molecule has 0 spiro atoms. The monoisotopic (exact) mass is 416 g/mol. The molecule has 0 radical (unpaired) electrons. The second-order valence-corrected chi connectivity index (χ2v) is 7.90. The van der Waals surface area contributed by atoms with Gasteiger partial charge in [0.05, 0.1) is 5.25 Å². The zero-order valence-corrected chi connectivity index (χ0v) is 17.2. The standard InChI is InChI=1S/C20H21ClN4O2S/c1-13-7-3-6-10-17(13)27-12-18-23-20(25-24-18)28-14(2)19(26)22-11-15-8-4-5-9-16(15)21/h3-10,14H,11-12H2,1-2H3,(H,22,26)(H,23,24,25)/t14-/m0/s1. The number of rotatable bonds is 8. The fourth-order valence-corrected chi connectivity index (χ4v) is 3.41. The fraction of sp³-hybridized carbons (Fsp3) is 0.250. The summed E-state index contributed by atoms with van der Waals surface area (Å²) in [5.74, 6) is 1.31. The Bertz CT molecular complexity index is 947. The number of nitrogens with zero attached hydrogens (tertiary/aromatic N) is 2. The first kappa shape index (κ1) is 20.2. The van der Waals surface area contributed by atoms with Gasteiger partial charge in [-0.1, -0.05) is 59.8 Å². The first-order valence-electron chi connectivity index (χ1n) is 8.80. The van der Waals surface area contributed by atoms with Crippen molar-refractivity contribution in [1.82, 2.24) is 20.5 Å². The molecular weight excluding hydrogens is 396 g/mol. The third-order valence-corrected chi connectivity index (χ3v) is 5.36. The molecule has 2 N–H and O–H groups in total. The normalized spacial score (nSPS) is 11.8. The Morgan fingerprint density at radius 1 is 1.25 bits per heavy atom. The van der Waals surface area contributed by atoms with Gasteiger partial charge in [-0.25, -0.2) is 4.98 Å². The molecule has 0 aliphatic heterocycles. The van der Waals surface area contributed by atoms with Gasteiger partial charge in [0.1, 0.15) is 12.4 Å². The Morgan fingerprint density at radius 3 is 2.79 bits per heavy atom. The number of hydrogen-bond acceptors (Lipinski definition) is 5. The molecule has 1 aromatic heterocycles. The SMILES string of the molecule is Cc1ccccc1OCc1nc(S[C@@H](C)C(=O)NCc2ccccc2Cl)n[nH]1. The van der Waals surface area contributed by atoms with Gasteiger partial charge in [0, 0.05) is 11.6 Å². The van der Waals surface area contributed by atoms with Gasteiger partial charge < -0.3 is 10.1 Å². The number of nitrogens with one attached hydrogen (secondary N) is 2. The van der Waals surface area contributed by atoms with Crippen LogP contribution in [0.4, 0.5) is 0 Å². The number of ether oxygens (including phenoxy) is 1. The Hall–Kier alpha value is -2.51. The lowest BCUT2D eigenvalue weighted by Crippen LogP contribution is -2.30. The Balaban J connectivity index is 1.49. The first-order chi connectivity index (χ1) is 13.5. The van der Waals surface area contributed by atoms with Crippen molar-refractivity contribution in [2.45, 2.75) is 37.4 Å². The number of carbonyl (C=O) groups is 1. The van der Waals surface area contributed by atoms with Crippen molar-refractivity contribution in [2.24, 2.45) is 0 Å². The number of aryl methyl sites for hydroxylation is 1. The summed E-state index contributed by atoms with van der Waals surface area (Å²) in [6.07, 6.45) is 0. The maximum atomic E-state index is 12.3. The van der Waals surface area contributed by atoms with Crippen LogP contribution in [0.1, 0.15) is 23.9 Å². The van der Waals surface area contributed by atoms with Crippen molar-refractivity contribution < 1.29 is 9.53 Å². The minimum atomic E-state index is -0.344. The van der Waals surface area contributed by atoms with Crippen LogP contribution in [0.2, 0.25) is 5.02 Å². The lowest BCUT2D eigenvalue weighted by atomic mass is 10.2. The van der Waals surface area contributed by atoms with Gasteiger partial charge in [0.15, 0.2) is 5.82 Å². The van der Waals surface area contributed by atoms with Crippen LogP contribution in [-0.4, -0.2) is 26.3 Å². The van der Waals surface area contributed by atoms with Gasteiger partial charge in [-0.05, 0) is 37.1 Å². The molecule has 3 aromatic rings. The molecule has 0 unspecified atom stereocenters. The van der Waals surface area contributed by atoms with E-state index >= 15 is 0 Å². The first-order valence-corrected chi connectivity index (χ1v) is 10.1. The summed E-state index contributed by atoms with van der Waals surface area (Å²) < 4.78 is 5.75. The van der Waals surface area contributed by atoms with Crippen molar-refractivity contribution in [3.8, 4) is 5.75 Å². The number of H-pyrrole nitrogens is 1. The van der Waals surface area contributed by atoms with E-state index in [9.17, 15) is 4.79 Å².